The molecular weight excluding hydrogens is 279 g/mol. The number of aliphatic hydroxyl groups excluding tert-OH is 1. The smallest absolute Gasteiger partial charge is 0.386 e. The van der Waals surface area contributed by atoms with Crippen molar-refractivity contribution < 1.29 is 18.3 Å². The van der Waals surface area contributed by atoms with Gasteiger partial charge in [0.15, 0.2) is 0 Å². The van der Waals surface area contributed by atoms with E-state index in [1.807, 2.05) is 27.7 Å². The molecule has 0 aliphatic carbocycles. The average molecular weight is 303 g/mol. The predicted octanol–water partition coefficient (Wildman–Crippen LogP) is 4.25. The van der Waals surface area contributed by atoms with Crippen molar-refractivity contribution >= 4 is 0 Å². The molecule has 120 valence electrons. The second kappa shape index (κ2) is 6.79. The Balaban J connectivity index is 3.19. The SMILES string of the molecule is CCN(CC)C(C)(CC)C(O)c1cccc(C(F)(F)F)c1. The maximum atomic E-state index is 12.8. The van der Waals surface area contributed by atoms with Crippen LogP contribution in [0.25, 0.3) is 0 Å². The van der Waals surface area contributed by atoms with Gasteiger partial charge in [-0.2, -0.15) is 13.2 Å². The molecule has 0 fully saturated rings. The number of halogens is 3. The molecule has 0 amide bonds. The lowest BCUT2D eigenvalue weighted by Gasteiger charge is -2.43. The molecule has 0 aliphatic rings. The van der Waals surface area contributed by atoms with Crippen LogP contribution in [0.4, 0.5) is 13.2 Å². The fourth-order valence-electron chi connectivity index (χ4n) is 2.78. The highest BCUT2D eigenvalue weighted by Crippen LogP contribution is 2.36. The van der Waals surface area contributed by atoms with Crippen LogP contribution in [0.2, 0.25) is 0 Å². The Hall–Kier alpha value is -1.07. The van der Waals surface area contributed by atoms with Gasteiger partial charge in [-0.25, -0.2) is 0 Å². The average Bonchev–Trinajstić information content (AvgIpc) is 2.46. The second-order valence-corrected chi connectivity index (χ2v) is 5.41. The standard InChI is InChI=1S/C16H24F3NO/c1-5-15(4,20(6-2)7-3)14(21)12-9-8-10-13(11-12)16(17,18)19/h8-11,14,21H,5-7H2,1-4H3. The zero-order valence-corrected chi connectivity index (χ0v) is 13.0. The van der Waals surface area contributed by atoms with Gasteiger partial charge in [0, 0.05) is 5.54 Å². The van der Waals surface area contributed by atoms with Gasteiger partial charge in [-0.15, -0.1) is 0 Å². The lowest BCUT2D eigenvalue weighted by molar-refractivity contribution is -0.137. The number of hydrogen-bond acceptors (Lipinski definition) is 2. The fourth-order valence-corrected chi connectivity index (χ4v) is 2.78. The Morgan fingerprint density at radius 1 is 1.14 bits per heavy atom. The largest absolute Gasteiger partial charge is 0.416 e. The first kappa shape index (κ1) is 18.0. The number of rotatable bonds is 6. The molecule has 0 saturated heterocycles. The van der Waals surface area contributed by atoms with Gasteiger partial charge in [0.1, 0.15) is 0 Å². The number of nitrogens with zero attached hydrogens (tertiary/aromatic N) is 1. The lowest BCUT2D eigenvalue weighted by Crippen LogP contribution is -2.50. The van der Waals surface area contributed by atoms with Gasteiger partial charge in [0.05, 0.1) is 11.7 Å². The summed E-state index contributed by atoms with van der Waals surface area (Å²) < 4.78 is 38.4. The third-order valence-corrected chi connectivity index (χ3v) is 4.32. The fraction of sp³-hybridized carbons (Fsp3) is 0.625. The van der Waals surface area contributed by atoms with Gasteiger partial charge < -0.3 is 5.11 Å². The summed E-state index contributed by atoms with van der Waals surface area (Å²) in [6.07, 6.45) is -4.72. The van der Waals surface area contributed by atoms with Gasteiger partial charge in [-0.3, -0.25) is 4.90 Å². The van der Waals surface area contributed by atoms with Gasteiger partial charge in [-0.05, 0) is 44.1 Å². The van der Waals surface area contributed by atoms with E-state index < -0.39 is 23.4 Å². The molecule has 0 heterocycles. The summed E-state index contributed by atoms with van der Waals surface area (Å²) in [5.74, 6) is 0. The van der Waals surface area contributed by atoms with Gasteiger partial charge >= 0.3 is 6.18 Å². The topological polar surface area (TPSA) is 23.5 Å². The van der Waals surface area contributed by atoms with Crippen LogP contribution in [0.3, 0.4) is 0 Å². The van der Waals surface area contributed by atoms with E-state index in [0.717, 1.165) is 25.2 Å². The molecule has 5 heteroatoms. The van der Waals surface area contributed by atoms with Gasteiger partial charge in [0.2, 0.25) is 0 Å². The summed E-state index contributed by atoms with van der Waals surface area (Å²) in [6.45, 7) is 9.26. The summed E-state index contributed by atoms with van der Waals surface area (Å²) in [5.41, 5.74) is -1.01. The number of hydrogen-bond donors (Lipinski definition) is 1. The first-order valence-corrected chi connectivity index (χ1v) is 7.30. The maximum absolute atomic E-state index is 12.8. The van der Waals surface area contributed by atoms with E-state index in [-0.39, 0.29) is 0 Å². The van der Waals surface area contributed by atoms with E-state index in [1.165, 1.54) is 6.07 Å². The highest BCUT2D eigenvalue weighted by atomic mass is 19.4. The number of likely N-dealkylation sites (N-methyl/N-ethyl adjacent to an activating group) is 1. The first-order chi connectivity index (χ1) is 9.70. The third kappa shape index (κ3) is 3.77. The highest BCUT2D eigenvalue weighted by molar-refractivity contribution is 5.29. The van der Waals surface area contributed by atoms with E-state index in [1.54, 1.807) is 6.07 Å². The summed E-state index contributed by atoms with van der Waals surface area (Å²) in [4.78, 5) is 2.08. The summed E-state index contributed by atoms with van der Waals surface area (Å²) in [6, 6.07) is 4.97. The van der Waals surface area contributed by atoms with Crippen molar-refractivity contribution in [1.82, 2.24) is 4.90 Å². The Kier molecular flexibility index (Phi) is 5.82. The number of aliphatic hydroxyl groups is 1. The van der Waals surface area contributed by atoms with Crippen LogP contribution in [-0.4, -0.2) is 28.6 Å². The lowest BCUT2D eigenvalue weighted by atomic mass is 9.84. The predicted molar refractivity (Wildman–Crippen MR) is 78.0 cm³/mol. The van der Waals surface area contributed by atoms with Crippen molar-refractivity contribution in [2.24, 2.45) is 0 Å². The molecule has 1 aromatic rings. The zero-order chi connectivity index (χ0) is 16.3. The Bertz CT molecular complexity index is 457. The molecular formula is C16H24F3NO. The minimum atomic E-state index is -4.40. The summed E-state index contributed by atoms with van der Waals surface area (Å²) >= 11 is 0. The molecule has 2 unspecified atom stereocenters. The third-order valence-electron chi connectivity index (χ3n) is 4.32. The number of benzene rings is 1. The van der Waals surface area contributed by atoms with E-state index >= 15 is 0 Å². The van der Waals surface area contributed by atoms with Crippen molar-refractivity contribution in [3.63, 3.8) is 0 Å². The van der Waals surface area contributed by atoms with E-state index in [4.69, 9.17) is 0 Å². The molecule has 0 aliphatic heterocycles. The molecule has 2 atom stereocenters. The van der Waals surface area contributed by atoms with Crippen LogP contribution in [0.15, 0.2) is 24.3 Å². The Labute approximate surface area is 124 Å². The molecule has 1 N–H and O–H groups in total. The maximum Gasteiger partial charge on any atom is 0.416 e. The molecule has 0 saturated carbocycles. The molecule has 1 rings (SSSR count). The second-order valence-electron chi connectivity index (χ2n) is 5.41. The molecule has 0 bridgehead atoms. The van der Waals surface area contributed by atoms with Gasteiger partial charge in [-0.1, -0.05) is 32.9 Å². The number of alkyl halides is 3. The minimum absolute atomic E-state index is 0.307. The van der Waals surface area contributed by atoms with Crippen molar-refractivity contribution in [2.75, 3.05) is 13.1 Å². The van der Waals surface area contributed by atoms with E-state index in [2.05, 4.69) is 4.90 Å². The van der Waals surface area contributed by atoms with E-state index in [9.17, 15) is 18.3 Å². The summed E-state index contributed by atoms with van der Waals surface area (Å²) in [5, 5.41) is 10.7. The molecule has 0 radical (unpaired) electrons. The van der Waals surface area contributed by atoms with Crippen LogP contribution < -0.4 is 0 Å². The van der Waals surface area contributed by atoms with Crippen LogP contribution in [-0.2, 0) is 6.18 Å². The van der Waals surface area contributed by atoms with Crippen molar-refractivity contribution in [3.8, 4) is 0 Å². The van der Waals surface area contributed by atoms with Crippen LogP contribution in [0, 0.1) is 0 Å². The van der Waals surface area contributed by atoms with E-state index in [0.29, 0.717) is 12.0 Å². The van der Waals surface area contributed by atoms with Crippen LogP contribution in [0.1, 0.15) is 51.3 Å². The molecule has 0 aromatic heterocycles. The van der Waals surface area contributed by atoms with Crippen LogP contribution in [0.5, 0.6) is 0 Å². The van der Waals surface area contributed by atoms with Gasteiger partial charge in [0.25, 0.3) is 0 Å². The highest BCUT2D eigenvalue weighted by Gasteiger charge is 2.38. The van der Waals surface area contributed by atoms with Crippen molar-refractivity contribution in [1.29, 1.82) is 0 Å². The molecule has 1 aromatic carbocycles. The van der Waals surface area contributed by atoms with Crippen molar-refractivity contribution in [3.05, 3.63) is 35.4 Å². The minimum Gasteiger partial charge on any atom is -0.386 e. The Morgan fingerprint density at radius 3 is 2.14 bits per heavy atom. The molecule has 21 heavy (non-hydrogen) atoms. The Morgan fingerprint density at radius 2 is 1.71 bits per heavy atom. The monoisotopic (exact) mass is 303 g/mol. The first-order valence-electron chi connectivity index (χ1n) is 7.30. The summed E-state index contributed by atoms with van der Waals surface area (Å²) in [7, 11) is 0. The van der Waals surface area contributed by atoms with Crippen molar-refractivity contribution in [2.45, 2.75) is 51.9 Å². The zero-order valence-electron chi connectivity index (χ0n) is 13.0. The molecule has 0 spiro atoms. The van der Waals surface area contributed by atoms with Crippen LogP contribution >= 0.6 is 0 Å². The molecule has 2 nitrogen and oxygen atoms in total. The normalized spacial score (nSPS) is 16.8. The quantitative estimate of drug-likeness (QED) is 0.849.